The average molecular weight is 232 g/mol. The van der Waals surface area contributed by atoms with E-state index in [1.165, 1.54) is 5.69 Å². The Bertz CT molecular complexity index is 512. The zero-order valence-corrected chi connectivity index (χ0v) is 9.99. The van der Waals surface area contributed by atoms with Gasteiger partial charge in [-0.2, -0.15) is 5.10 Å². The molecule has 0 spiro atoms. The van der Waals surface area contributed by atoms with Gasteiger partial charge in [0, 0.05) is 18.9 Å². The Morgan fingerprint density at radius 1 is 1.41 bits per heavy atom. The van der Waals surface area contributed by atoms with Crippen LogP contribution in [0.25, 0.3) is 0 Å². The smallest absolute Gasteiger partial charge is 0.153 e. The van der Waals surface area contributed by atoms with Crippen LogP contribution in [0.15, 0.2) is 6.33 Å². The number of aromatic amines is 2. The normalized spacial score (nSPS) is 19.6. The van der Waals surface area contributed by atoms with Crippen LogP contribution in [0.2, 0.25) is 0 Å². The maximum Gasteiger partial charge on any atom is 0.153 e. The largest absolute Gasteiger partial charge is 0.347 e. The molecule has 0 fully saturated rings. The Balaban J connectivity index is 1.82. The summed E-state index contributed by atoms with van der Waals surface area (Å²) >= 11 is 0. The average Bonchev–Trinajstić information content (AvgIpc) is 2.97. The standard InChI is InChI=1S/C11H16N6/c1-6(2)10-15-11(17-16-10)8-3-7-9(4-12-8)14-5-13-7/h5-6,8,12H,3-4H2,1-2H3,(H,13,14)(H,15,16,17). The summed E-state index contributed by atoms with van der Waals surface area (Å²) in [5, 5.41) is 10.7. The first kappa shape index (κ1) is 10.5. The molecule has 0 aromatic carbocycles. The van der Waals surface area contributed by atoms with E-state index in [1.807, 2.05) is 0 Å². The van der Waals surface area contributed by atoms with Crippen LogP contribution < -0.4 is 5.32 Å². The summed E-state index contributed by atoms with van der Waals surface area (Å²) in [4.78, 5) is 12.0. The molecular formula is C11H16N6. The second-order valence-electron chi connectivity index (χ2n) is 4.70. The van der Waals surface area contributed by atoms with Crippen molar-refractivity contribution in [1.82, 2.24) is 30.5 Å². The van der Waals surface area contributed by atoms with Gasteiger partial charge < -0.3 is 10.3 Å². The van der Waals surface area contributed by atoms with Crippen molar-refractivity contribution in [3.63, 3.8) is 0 Å². The molecule has 0 bridgehead atoms. The Morgan fingerprint density at radius 3 is 3.06 bits per heavy atom. The van der Waals surface area contributed by atoms with E-state index in [9.17, 15) is 0 Å². The van der Waals surface area contributed by atoms with Gasteiger partial charge in [-0.05, 0) is 0 Å². The fraction of sp³-hybridized carbons (Fsp3) is 0.545. The maximum atomic E-state index is 4.52. The van der Waals surface area contributed by atoms with Gasteiger partial charge in [-0.25, -0.2) is 9.97 Å². The highest BCUT2D eigenvalue weighted by molar-refractivity contribution is 5.18. The minimum Gasteiger partial charge on any atom is -0.347 e. The number of rotatable bonds is 2. The number of H-pyrrole nitrogens is 2. The molecule has 6 heteroatoms. The van der Waals surface area contributed by atoms with Gasteiger partial charge in [0.1, 0.15) is 5.82 Å². The van der Waals surface area contributed by atoms with E-state index in [0.717, 1.165) is 30.3 Å². The number of imidazole rings is 1. The van der Waals surface area contributed by atoms with Crippen LogP contribution >= 0.6 is 0 Å². The minimum atomic E-state index is 0.186. The van der Waals surface area contributed by atoms with Gasteiger partial charge >= 0.3 is 0 Å². The molecule has 0 radical (unpaired) electrons. The SMILES string of the molecule is CC(C)c1n[nH]c(C2Cc3nc[nH]c3CN2)n1. The van der Waals surface area contributed by atoms with Gasteiger partial charge in [0.25, 0.3) is 0 Å². The van der Waals surface area contributed by atoms with E-state index in [-0.39, 0.29) is 6.04 Å². The summed E-state index contributed by atoms with van der Waals surface area (Å²) in [6, 6.07) is 0.186. The number of hydrogen-bond donors (Lipinski definition) is 3. The molecule has 2 aromatic rings. The predicted molar refractivity (Wildman–Crippen MR) is 62.3 cm³/mol. The van der Waals surface area contributed by atoms with Crippen molar-refractivity contribution >= 4 is 0 Å². The number of nitrogens with one attached hydrogen (secondary N) is 3. The number of nitrogens with zero attached hydrogens (tertiary/aromatic N) is 3. The molecule has 1 atom stereocenters. The van der Waals surface area contributed by atoms with Crippen LogP contribution in [0.4, 0.5) is 0 Å². The van der Waals surface area contributed by atoms with Crippen molar-refractivity contribution in [2.45, 2.75) is 38.8 Å². The van der Waals surface area contributed by atoms with Crippen molar-refractivity contribution in [2.75, 3.05) is 0 Å². The molecule has 6 nitrogen and oxygen atoms in total. The van der Waals surface area contributed by atoms with E-state index in [2.05, 4.69) is 44.3 Å². The fourth-order valence-electron chi connectivity index (χ4n) is 2.06. The quantitative estimate of drug-likeness (QED) is 0.722. The highest BCUT2D eigenvalue weighted by Gasteiger charge is 2.24. The van der Waals surface area contributed by atoms with E-state index in [4.69, 9.17) is 0 Å². The van der Waals surface area contributed by atoms with Crippen molar-refractivity contribution < 1.29 is 0 Å². The van der Waals surface area contributed by atoms with E-state index in [0.29, 0.717) is 5.92 Å². The van der Waals surface area contributed by atoms with Crippen LogP contribution in [-0.4, -0.2) is 25.1 Å². The van der Waals surface area contributed by atoms with Gasteiger partial charge in [0.05, 0.1) is 23.8 Å². The monoisotopic (exact) mass is 232 g/mol. The first-order valence-corrected chi connectivity index (χ1v) is 5.90. The van der Waals surface area contributed by atoms with E-state index >= 15 is 0 Å². The molecule has 0 amide bonds. The Labute approximate surface area is 99.3 Å². The Hall–Kier alpha value is -1.69. The Morgan fingerprint density at radius 2 is 2.29 bits per heavy atom. The number of aromatic nitrogens is 5. The lowest BCUT2D eigenvalue weighted by molar-refractivity contribution is 0.468. The molecule has 1 aliphatic rings. The summed E-state index contributed by atoms with van der Waals surface area (Å²) in [6.45, 7) is 4.98. The third-order valence-corrected chi connectivity index (χ3v) is 3.10. The molecule has 1 unspecified atom stereocenters. The number of fused-ring (bicyclic) bond motifs is 1. The van der Waals surface area contributed by atoms with Crippen molar-refractivity contribution in [3.05, 3.63) is 29.4 Å². The van der Waals surface area contributed by atoms with Gasteiger partial charge in [0.2, 0.25) is 0 Å². The summed E-state index contributed by atoms with van der Waals surface area (Å²) in [5.41, 5.74) is 2.29. The first-order valence-electron chi connectivity index (χ1n) is 5.90. The molecule has 2 aromatic heterocycles. The number of hydrogen-bond acceptors (Lipinski definition) is 4. The lowest BCUT2D eigenvalue weighted by Crippen LogP contribution is -2.29. The molecule has 0 saturated carbocycles. The fourth-order valence-corrected chi connectivity index (χ4v) is 2.06. The summed E-state index contributed by atoms with van der Waals surface area (Å²) in [6.07, 6.45) is 2.60. The Kier molecular flexibility index (Phi) is 2.44. The lowest BCUT2D eigenvalue weighted by Gasteiger charge is -2.20. The van der Waals surface area contributed by atoms with Crippen LogP contribution in [0, 0.1) is 0 Å². The molecular weight excluding hydrogens is 216 g/mol. The third-order valence-electron chi connectivity index (χ3n) is 3.10. The predicted octanol–water partition coefficient (Wildman–Crippen LogP) is 1.04. The second kappa shape index (κ2) is 3.96. The second-order valence-corrected chi connectivity index (χ2v) is 4.70. The van der Waals surface area contributed by atoms with Gasteiger partial charge in [-0.3, -0.25) is 5.10 Å². The van der Waals surface area contributed by atoms with Gasteiger partial charge in [-0.1, -0.05) is 13.8 Å². The molecule has 3 rings (SSSR count). The summed E-state index contributed by atoms with van der Waals surface area (Å²) in [5.74, 6) is 2.13. The zero-order chi connectivity index (χ0) is 11.8. The van der Waals surface area contributed by atoms with Crippen molar-refractivity contribution in [3.8, 4) is 0 Å². The minimum absolute atomic E-state index is 0.186. The van der Waals surface area contributed by atoms with E-state index < -0.39 is 0 Å². The van der Waals surface area contributed by atoms with Crippen LogP contribution in [-0.2, 0) is 13.0 Å². The first-order chi connectivity index (χ1) is 8.24. The summed E-state index contributed by atoms with van der Waals surface area (Å²) in [7, 11) is 0. The van der Waals surface area contributed by atoms with Gasteiger partial charge in [0.15, 0.2) is 5.82 Å². The molecule has 0 saturated heterocycles. The topological polar surface area (TPSA) is 82.3 Å². The van der Waals surface area contributed by atoms with Crippen LogP contribution in [0.5, 0.6) is 0 Å². The zero-order valence-electron chi connectivity index (χ0n) is 9.99. The lowest BCUT2D eigenvalue weighted by atomic mass is 10.1. The van der Waals surface area contributed by atoms with Crippen molar-refractivity contribution in [2.24, 2.45) is 0 Å². The highest BCUT2D eigenvalue weighted by atomic mass is 15.2. The van der Waals surface area contributed by atoms with E-state index in [1.54, 1.807) is 6.33 Å². The molecule has 90 valence electrons. The third kappa shape index (κ3) is 1.84. The van der Waals surface area contributed by atoms with Crippen molar-refractivity contribution in [1.29, 1.82) is 0 Å². The molecule has 3 N–H and O–H groups in total. The van der Waals surface area contributed by atoms with Crippen LogP contribution in [0.3, 0.4) is 0 Å². The molecule has 17 heavy (non-hydrogen) atoms. The molecule has 0 aliphatic carbocycles. The highest BCUT2D eigenvalue weighted by Crippen LogP contribution is 2.22. The molecule has 1 aliphatic heterocycles. The molecule has 3 heterocycles. The maximum absolute atomic E-state index is 4.52. The van der Waals surface area contributed by atoms with Gasteiger partial charge in [-0.15, -0.1) is 0 Å². The summed E-state index contributed by atoms with van der Waals surface area (Å²) < 4.78 is 0. The van der Waals surface area contributed by atoms with Crippen LogP contribution in [0.1, 0.15) is 48.8 Å².